The molecule has 8 nitrogen and oxygen atoms in total. The molecule has 0 spiro atoms. The van der Waals surface area contributed by atoms with Gasteiger partial charge in [-0.15, -0.1) is 5.01 Å². The number of ether oxygens (including phenoxy) is 5. The quantitative estimate of drug-likeness (QED) is 0.191. The van der Waals surface area contributed by atoms with Gasteiger partial charge in [-0.3, -0.25) is 0 Å². The molecule has 2 N–H and O–H groups in total. The second kappa shape index (κ2) is 14.2. The predicted octanol–water partition coefficient (Wildman–Crippen LogP) is 4.55. The van der Waals surface area contributed by atoms with E-state index in [-0.39, 0.29) is 0 Å². The molecule has 0 saturated carbocycles. The van der Waals surface area contributed by atoms with Gasteiger partial charge in [0, 0.05) is 27.1 Å². The summed E-state index contributed by atoms with van der Waals surface area (Å²) in [7, 11) is 1.56. The van der Waals surface area contributed by atoms with Crippen LogP contribution in [0.1, 0.15) is 67.7 Å². The van der Waals surface area contributed by atoms with Crippen LogP contribution in [-0.4, -0.2) is 67.6 Å². The number of unbranched alkanes of at least 4 members (excludes halogenated alkanes) is 1. The predicted molar refractivity (Wildman–Crippen MR) is 131 cm³/mol. The topological polar surface area (TPSA) is 78.7 Å². The Morgan fingerprint density at radius 1 is 0.848 bits per heavy atom. The van der Waals surface area contributed by atoms with Gasteiger partial charge in [-0.2, -0.15) is 0 Å². The zero-order chi connectivity index (χ0) is 25.0. The van der Waals surface area contributed by atoms with Crippen molar-refractivity contribution in [1.82, 2.24) is 10.0 Å². The molecule has 0 bridgehead atoms. The van der Waals surface area contributed by atoms with Gasteiger partial charge in [-0.05, 0) is 38.8 Å². The maximum absolute atomic E-state index is 7.18. The van der Waals surface area contributed by atoms with Crippen molar-refractivity contribution in [1.29, 1.82) is 0 Å². The average Bonchev–Trinajstić information content (AvgIpc) is 2.81. The first-order chi connectivity index (χ1) is 15.7. The Morgan fingerprint density at radius 2 is 1.48 bits per heavy atom. The molecule has 0 amide bonds. The molecule has 0 radical (unpaired) electrons. The molecule has 0 aliphatic rings. The maximum Gasteiger partial charge on any atom is 0.368 e. The first kappa shape index (κ1) is 29.8. The molecule has 3 atom stereocenters. The van der Waals surface area contributed by atoms with Crippen molar-refractivity contribution in [2.45, 2.75) is 85.3 Å². The summed E-state index contributed by atoms with van der Waals surface area (Å²) in [5.41, 5.74) is 5.90. The molecule has 0 aromatic heterocycles. The van der Waals surface area contributed by atoms with Crippen LogP contribution in [0.3, 0.4) is 0 Å². The molecule has 192 valence electrons. The Bertz CT molecular complexity index is 644. The van der Waals surface area contributed by atoms with Gasteiger partial charge >= 0.3 is 6.10 Å². The van der Waals surface area contributed by atoms with Crippen LogP contribution in [0.15, 0.2) is 30.3 Å². The van der Waals surface area contributed by atoms with Crippen LogP contribution in [-0.2, 0) is 18.9 Å². The zero-order valence-electron chi connectivity index (χ0n) is 22.1. The standard InChI is InChI=1S/C25H47N3O5/c1-9-14-21-31-24(7,33-22-18-16-15-17-19-22)23(6,26)28(27(11-3)12-4)25(29-8,30-13-5)32-20-10-2/h15-19H,9-14,20-21,26H2,1-8H3. The fourth-order valence-electron chi connectivity index (χ4n) is 3.64. The van der Waals surface area contributed by atoms with Gasteiger partial charge in [0.1, 0.15) is 5.75 Å². The monoisotopic (exact) mass is 469 g/mol. The lowest BCUT2D eigenvalue weighted by atomic mass is 10.0. The SMILES string of the molecule is CCCCOC(C)(Oc1ccccc1)C(C)(N)N(N(CC)CC)C(OC)(OCC)OCCC. The second-order valence-electron chi connectivity index (χ2n) is 8.17. The Kier molecular flexibility index (Phi) is 12.8. The van der Waals surface area contributed by atoms with Crippen molar-refractivity contribution < 1.29 is 23.7 Å². The summed E-state index contributed by atoms with van der Waals surface area (Å²) < 4.78 is 31.2. The molecule has 0 fully saturated rings. The minimum Gasteiger partial charge on any atom is -0.459 e. The fourth-order valence-corrected chi connectivity index (χ4v) is 3.64. The van der Waals surface area contributed by atoms with Gasteiger partial charge in [0.15, 0.2) is 5.66 Å². The van der Waals surface area contributed by atoms with E-state index >= 15 is 0 Å². The third-order valence-corrected chi connectivity index (χ3v) is 5.64. The molecule has 0 saturated heterocycles. The Morgan fingerprint density at radius 3 is 1.97 bits per heavy atom. The number of hydrazine groups is 1. The number of rotatable bonds is 18. The zero-order valence-corrected chi connectivity index (χ0v) is 22.1. The average molecular weight is 470 g/mol. The largest absolute Gasteiger partial charge is 0.459 e. The maximum atomic E-state index is 7.18. The fraction of sp³-hybridized carbons (Fsp3) is 0.760. The molecule has 8 heteroatoms. The van der Waals surface area contributed by atoms with Crippen LogP contribution in [0.2, 0.25) is 0 Å². The van der Waals surface area contributed by atoms with E-state index in [0.717, 1.165) is 19.3 Å². The van der Waals surface area contributed by atoms with Crippen LogP contribution in [0, 0.1) is 0 Å². The highest BCUT2D eigenvalue weighted by Crippen LogP contribution is 2.38. The molecule has 1 aromatic carbocycles. The van der Waals surface area contributed by atoms with E-state index in [1.807, 2.05) is 76.9 Å². The van der Waals surface area contributed by atoms with Crippen molar-refractivity contribution in [3.8, 4) is 5.75 Å². The van der Waals surface area contributed by atoms with Crippen molar-refractivity contribution in [3.05, 3.63) is 30.3 Å². The van der Waals surface area contributed by atoms with Gasteiger partial charge in [-0.1, -0.05) is 52.3 Å². The van der Waals surface area contributed by atoms with Gasteiger partial charge in [0.25, 0.3) is 0 Å². The number of nitrogens with two attached hydrogens (primary N) is 1. The molecular weight excluding hydrogens is 422 g/mol. The number of hydrogen-bond acceptors (Lipinski definition) is 8. The molecular formula is C25H47N3O5. The summed E-state index contributed by atoms with van der Waals surface area (Å²) in [5.74, 6) is -0.621. The summed E-state index contributed by atoms with van der Waals surface area (Å²) in [5, 5.41) is 3.83. The highest BCUT2D eigenvalue weighted by molar-refractivity contribution is 5.22. The third-order valence-electron chi connectivity index (χ3n) is 5.64. The molecule has 3 unspecified atom stereocenters. The summed E-state index contributed by atoms with van der Waals surface area (Å²) in [6.45, 7) is 16.4. The first-order valence-electron chi connectivity index (χ1n) is 12.3. The van der Waals surface area contributed by atoms with Crippen LogP contribution >= 0.6 is 0 Å². The molecule has 1 aromatic rings. The number of para-hydroxylation sites is 1. The lowest BCUT2D eigenvalue weighted by Gasteiger charge is -2.56. The molecule has 0 aliphatic heterocycles. The molecule has 33 heavy (non-hydrogen) atoms. The minimum atomic E-state index is -1.56. The van der Waals surface area contributed by atoms with Crippen molar-refractivity contribution in [3.63, 3.8) is 0 Å². The second-order valence-corrected chi connectivity index (χ2v) is 8.17. The van der Waals surface area contributed by atoms with Gasteiger partial charge in [0.05, 0.1) is 19.8 Å². The first-order valence-corrected chi connectivity index (χ1v) is 12.3. The van der Waals surface area contributed by atoms with Crippen LogP contribution < -0.4 is 10.5 Å². The van der Waals surface area contributed by atoms with E-state index in [4.69, 9.17) is 29.4 Å². The van der Waals surface area contributed by atoms with Crippen molar-refractivity contribution in [2.75, 3.05) is 40.0 Å². The van der Waals surface area contributed by atoms with Crippen molar-refractivity contribution >= 4 is 0 Å². The van der Waals surface area contributed by atoms with Gasteiger partial charge in [0.2, 0.25) is 5.79 Å². The molecule has 0 aliphatic carbocycles. The summed E-state index contributed by atoms with van der Waals surface area (Å²) in [4.78, 5) is 0. The van der Waals surface area contributed by atoms with Crippen LogP contribution in [0.4, 0.5) is 0 Å². The lowest BCUT2D eigenvalue weighted by molar-refractivity contribution is -0.500. The smallest absolute Gasteiger partial charge is 0.368 e. The van der Waals surface area contributed by atoms with E-state index in [0.29, 0.717) is 38.7 Å². The number of benzene rings is 1. The highest BCUT2D eigenvalue weighted by atomic mass is 16.9. The normalized spacial score (nSPS) is 17.5. The number of nitrogens with zero attached hydrogens (tertiary/aromatic N) is 2. The van der Waals surface area contributed by atoms with E-state index in [1.54, 1.807) is 12.1 Å². The molecule has 1 rings (SSSR count). The number of hydrogen-bond donors (Lipinski definition) is 1. The lowest BCUT2D eigenvalue weighted by Crippen LogP contribution is -2.80. The number of methoxy groups -OCH3 is 1. The third kappa shape index (κ3) is 7.36. The van der Waals surface area contributed by atoms with E-state index in [2.05, 4.69) is 6.92 Å². The summed E-state index contributed by atoms with van der Waals surface area (Å²) in [6, 6.07) is 9.55. The molecule has 0 heterocycles. The van der Waals surface area contributed by atoms with Gasteiger partial charge in [-0.25, -0.2) is 5.01 Å². The van der Waals surface area contributed by atoms with Crippen LogP contribution in [0.5, 0.6) is 5.75 Å². The van der Waals surface area contributed by atoms with Crippen LogP contribution in [0.25, 0.3) is 0 Å². The Labute approximate surface area is 201 Å². The van der Waals surface area contributed by atoms with Gasteiger partial charge < -0.3 is 29.4 Å². The Balaban J connectivity index is 3.64. The minimum absolute atomic E-state index is 0.359. The summed E-state index contributed by atoms with van der Waals surface area (Å²) >= 11 is 0. The van der Waals surface area contributed by atoms with E-state index < -0.39 is 17.5 Å². The van der Waals surface area contributed by atoms with Crippen molar-refractivity contribution in [2.24, 2.45) is 5.73 Å². The summed E-state index contributed by atoms with van der Waals surface area (Å²) in [6.07, 6.45) is 1.09. The van der Waals surface area contributed by atoms with E-state index in [9.17, 15) is 0 Å². The highest BCUT2D eigenvalue weighted by Gasteiger charge is 2.60. The van der Waals surface area contributed by atoms with E-state index in [1.165, 1.54) is 0 Å². The Hall–Kier alpha value is -1.26.